The third-order valence-corrected chi connectivity index (χ3v) is 2.12. The number of aldehydes is 1. The molecule has 2 nitrogen and oxygen atoms in total. The van der Waals surface area contributed by atoms with Crippen molar-refractivity contribution in [2.75, 3.05) is 0 Å². The van der Waals surface area contributed by atoms with E-state index < -0.39 is 11.8 Å². The van der Waals surface area contributed by atoms with Crippen LogP contribution in [-0.2, 0) is 0 Å². The van der Waals surface area contributed by atoms with Crippen LogP contribution in [0.1, 0.15) is 10.4 Å². The van der Waals surface area contributed by atoms with Gasteiger partial charge < -0.3 is 0 Å². The Morgan fingerprint density at radius 1 is 1.06 bits per heavy atom. The fourth-order valence-electron chi connectivity index (χ4n) is 1.39. The molecule has 2 aromatic rings. The number of benzene rings is 1. The van der Waals surface area contributed by atoms with Gasteiger partial charge in [-0.1, -0.05) is 0 Å². The smallest absolute Gasteiger partial charge is 0.212 e. The van der Waals surface area contributed by atoms with Gasteiger partial charge >= 0.3 is 0 Å². The van der Waals surface area contributed by atoms with Crippen molar-refractivity contribution in [3.05, 3.63) is 53.9 Å². The van der Waals surface area contributed by atoms with Crippen LogP contribution in [0.5, 0.6) is 0 Å². The number of hydrogen-bond acceptors (Lipinski definition) is 2. The fraction of sp³-hybridized carbons (Fsp3) is 0. The van der Waals surface area contributed by atoms with E-state index in [2.05, 4.69) is 4.98 Å². The van der Waals surface area contributed by atoms with Crippen molar-refractivity contribution in [2.45, 2.75) is 0 Å². The summed E-state index contributed by atoms with van der Waals surface area (Å²) in [6.45, 7) is 0. The van der Waals surface area contributed by atoms with E-state index in [-0.39, 0.29) is 5.56 Å². The second-order valence-corrected chi connectivity index (χ2v) is 3.26. The number of rotatable bonds is 2. The SMILES string of the molecule is O=Cc1cc(F)cc(-c2ccc(F)nc2)c1. The normalized spacial score (nSPS) is 10.1. The fourth-order valence-corrected chi connectivity index (χ4v) is 1.39. The van der Waals surface area contributed by atoms with Crippen molar-refractivity contribution < 1.29 is 13.6 Å². The Bertz CT molecular complexity index is 523. The molecule has 1 aromatic carbocycles. The molecule has 0 aliphatic heterocycles. The van der Waals surface area contributed by atoms with Crippen molar-refractivity contribution in [3.8, 4) is 11.1 Å². The summed E-state index contributed by atoms with van der Waals surface area (Å²) >= 11 is 0. The predicted octanol–water partition coefficient (Wildman–Crippen LogP) is 2.84. The highest BCUT2D eigenvalue weighted by atomic mass is 19.1. The van der Waals surface area contributed by atoms with E-state index in [1.54, 1.807) is 0 Å². The lowest BCUT2D eigenvalue weighted by atomic mass is 10.1. The number of hydrogen-bond donors (Lipinski definition) is 0. The van der Waals surface area contributed by atoms with Gasteiger partial charge in [0.1, 0.15) is 12.1 Å². The average Bonchev–Trinajstić information content (AvgIpc) is 2.29. The number of nitrogens with zero attached hydrogens (tertiary/aromatic N) is 1. The van der Waals surface area contributed by atoms with Crippen LogP contribution in [0, 0.1) is 11.8 Å². The highest BCUT2D eigenvalue weighted by molar-refractivity contribution is 5.78. The zero-order valence-electron chi connectivity index (χ0n) is 8.15. The standard InChI is InChI=1S/C12H7F2NO/c13-11-4-8(7-16)3-10(5-11)9-1-2-12(14)15-6-9/h1-7H. The molecule has 0 fully saturated rings. The van der Waals surface area contributed by atoms with E-state index in [1.165, 1.54) is 30.5 Å². The second-order valence-electron chi connectivity index (χ2n) is 3.26. The summed E-state index contributed by atoms with van der Waals surface area (Å²) in [7, 11) is 0. The summed E-state index contributed by atoms with van der Waals surface area (Å²) < 4.78 is 25.7. The van der Waals surface area contributed by atoms with E-state index in [4.69, 9.17) is 0 Å². The van der Waals surface area contributed by atoms with Gasteiger partial charge in [-0.05, 0) is 35.9 Å². The molecule has 0 N–H and O–H groups in total. The van der Waals surface area contributed by atoms with Crippen molar-refractivity contribution in [1.29, 1.82) is 0 Å². The Morgan fingerprint density at radius 3 is 2.50 bits per heavy atom. The van der Waals surface area contributed by atoms with Gasteiger partial charge in [-0.15, -0.1) is 0 Å². The summed E-state index contributed by atoms with van der Waals surface area (Å²) in [5.41, 5.74) is 1.29. The zero-order valence-corrected chi connectivity index (χ0v) is 8.15. The lowest BCUT2D eigenvalue weighted by Gasteiger charge is -2.02. The summed E-state index contributed by atoms with van der Waals surface area (Å²) in [5.74, 6) is -1.11. The van der Waals surface area contributed by atoms with E-state index in [9.17, 15) is 13.6 Å². The molecule has 0 amide bonds. The van der Waals surface area contributed by atoms with Crippen LogP contribution in [0.2, 0.25) is 0 Å². The van der Waals surface area contributed by atoms with Gasteiger partial charge in [0.2, 0.25) is 5.95 Å². The molecule has 0 saturated heterocycles. The minimum absolute atomic E-state index is 0.235. The second kappa shape index (κ2) is 4.18. The van der Waals surface area contributed by atoms with Gasteiger partial charge in [-0.3, -0.25) is 4.79 Å². The molecular formula is C12H7F2NO. The Kier molecular flexibility index (Phi) is 2.72. The molecule has 0 bridgehead atoms. The lowest BCUT2D eigenvalue weighted by molar-refractivity contribution is 0.112. The average molecular weight is 219 g/mol. The monoisotopic (exact) mass is 219 g/mol. The number of pyridine rings is 1. The molecule has 80 valence electrons. The van der Waals surface area contributed by atoms with Crippen LogP contribution in [0.4, 0.5) is 8.78 Å². The largest absolute Gasteiger partial charge is 0.298 e. The molecule has 2 rings (SSSR count). The Labute approximate surface area is 90.6 Å². The highest BCUT2D eigenvalue weighted by Crippen LogP contribution is 2.20. The van der Waals surface area contributed by atoms with Crippen LogP contribution < -0.4 is 0 Å². The van der Waals surface area contributed by atoms with Crippen molar-refractivity contribution in [1.82, 2.24) is 4.98 Å². The first kappa shape index (κ1) is 10.4. The van der Waals surface area contributed by atoms with Gasteiger partial charge in [0.25, 0.3) is 0 Å². The van der Waals surface area contributed by atoms with Crippen molar-refractivity contribution in [2.24, 2.45) is 0 Å². The maximum absolute atomic E-state index is 13.1. The summed E-state index contributed by atoms with van der Waals surface area (Å²) in [5, 5.41) is 0. The number of halogens is 2. The van der Waals surface area contributed by atoms with Gasteiger partial charge in [-0.2, -0.15) is 4.39 Å². The summed E-state index contributed by atoms with van der Waals surface area (Å²) in [6.07, 6.45) is 1.85. The molecule has 0 aliphatic rings. The minimum Gasteiger partial charge on any atom is -0.298 e. The molecule has 0 unspecified atom stereocenters. The maximum atomic E-state index is 13.1. The summed E-state index contributed by atoms with van der Waals surface area (Å²) in [4.78, 5) is 14.0. The first-order valence-electron chi connectivity index (χ1n) is 4.57. The maximum Gasteiger partial charge on any atom is 0.212 e. The van der Waals surface area contributed by atoms with Crippen LogP contribution in [0.15, 0.2) is 36.5 Å². The molecule has 1 heterocycles. The molecule has 1 aromatic heterocycles. The quantitative estimate of drug-likeness (QED) is 0.574. The Hall–Kier alpha value is -2.10. The number of carbonyl (C=O) groups excluding carboxylic acids is 1. The van der Waals surface area contributed by atoms with E-state index >= 15 is 0 Å². The first-order valence-corrected chi connectivity index (χ1v) is 4.57. The molecule has 0 aliphatic carbocycles. The predicted molar refractivity (Wildman–Crippen MR) is 55.0 cm³/mol. The molecule has 4 heteroatoms. The minimum atomic E-state index is -0.601. The molecule has 0 saturated carbocycles. The van der Waals surface area contributed by atoms with Crippen molar-refractivity contribution in [3.63, 3.8) is 0 Å². The topological polar surface area (TPSA) is 30.0 Å². The number of carbonyl (C=O) groups is 1. The van der Waals surface area contributed by atoms with Gasteiger partial charge in [0.15, 0.2) is 0 Å². The van der Waals surface area contributed by atoms with Crippen LogP contribution in [-0.4, -0.2) is 11.3 Å². The Balaban J connectivity index is 2.51. The van der Waals surface area contributed by atoms with Crippen LogP contribution >= 0.6 is 0 Å². The van der Waals surface area contributed by atoms with Gasteiger partial charge in [-0.25, -0.2) is 9.37 Å². The van der Waals surface area contributed by atoms with E-state index in [0.717, 1.165) is 6.07 Å². The third kappa shape index (κ3) is 2.11. The molecule has 16 heavy (non-hydrogen) atoms. The first-order chi connectivity index (χ1) is 7.69. The zero-order chi connectivity index (χ0) is 11.5. The van der Waals surface area contributed by atoms with Crippen molar-refractivity contribution >= 4 is 6.29 Å². The Morgan fingerprint density at radius 2 is 1.88 bits per heavy atom. The van der Waals surface area contributed by atoms with Crippen LogP contribution in [0.25, 0.3) is 11.1 Å². The molecule has 0 radical (unpaired) electrons. The lowest BCUT2D eigenvalue weighted by Crippen LogP contribution is -1.88. The molecular weight excluding hydrogens is 212 g/mol. The number of aromatic nitrogens is 1. The van der Waals surface area contributed by atoms with E-state index in [0.29, 0.717) is 17.4 Å². The molecule has 0 spiro atoms. The van der Waals surface area contributed by atoms with Gasteiger partial charge in [0.05, 0.1) is 0 Å². The summed E-state index contributed by atoms with van der Waals surface area (Å²) in [6, 6.07) is 6.58. The van der Waals surface area contributed by atoms with Crippen LogP contribution in [0.3, 0.4) is 0 Å². The van der Waals surface area contributed by atoms with Gasteiger partial charge in [0, 0.05) is 17.3 Å². The molecule has 0 atom stereocenters. The van der Waals surface area contributed by atoms with E-state index in [1.807, 2.05) is 0 Å². The third-order valence-electron chi connectivity index (χ3n) is 2.12. The highest BCUT2D eigenvalue weighted by Gasteiger charge is 2.03.